The van der Waals surface area contributed by atoms with Crippen LogP contribution in [0.3, 0.4) is 0 Å². The van der Waals surface area contributed by atoms with Crippen LogP contribution in [0, 0.1) is 19.7 Å². The quantitative estimate of drug-likeness (QED) is 0.836. The van der Waals surface area contributed by atoms with Crippen LogP contribution in [0.15, 0.2) is 42.5 Å². The summed E-state index contributed by atoms with van der Waals surface area (Å²) >= 11 is 0. The first kappa shape index (κ1) is 11.8. The first-order chi connectivity index (χ1) is 8.08. The molecule has 88 valence electrons. The van der Waals surface area contributed by atoms with Crippen LogP contribution in [-0.4, -0.2) is 5.11 Å². The van der Waals surface area contributed by atoms with Crippen LogP contribution in [0.5, 0.6) is 0 Å². The molecule has 0 amide bonds. The molecule has 0 radical (unpaired) electrons. The number of halogens is 1. The molecule has 0 aliphatic carbocycles. The van der Waals surface area contributed by atoms with E-state index in [-0.39, 0.29) is 5.82 Å². The topological polar surface area (TPSA) is 20.2 Å². The molecule has 2 aromatic rings. The van der Waals surface area contributed by atoms with Gasteiger partial charge in [-0.1, -0.05) is 47.5 Å². The molecular weight excluding hydrogens is 215 g/mol. The highest BCUT2D eigenvalue weighted by Crippen LogP contribution is 2.25. The molecule has 0 spiro atoms. The number of aliphatic hydroxyl groups excluding tert-OH is 1. The maximum absolute atomic E-state index is 13.6. The normalized spacial score (nSPS) is 12.5. The van der Waals surface area contributed by atoms with Crippen LogP contribution < -0.4 is 0 Å². The minimum Gasteiger partial charge on any atom is -0.384 e. The summed E-state index contributed by atoms with van der Waals surface area (Å²) in [6.45, 7) is 3.93. The molecule has 1 nitrogen and oxygen atoms in total. The molecule has 1 atom stereocenters. The Morgan fingerprint density at radius 1 is 1.00 bits per heavy atom. The molecule has 0 heterocycles. The molecule has 0 aliphatic rings. The van der Waals surface area contributed by atoms with Crippen molar-refractivity contribution in [3.63, 3.8) is 0 Å². The molecule has 0 aliphatic heterocycles. The standard InChI is InChI=1S/C15H15FO/c1-10-7-11(2)9-12(8-10)15(17)13-5-3-4-6-14(13)16/h3-9,15,17H,1-2H3. The lowest BCUT2D eigenvalue weighted by Crippen LogP contribution is -2.03. The summed E-state index contributed by atoms with van der Waals surface area (Å²) in [6.07, 6.45) is -0.908. The zero-order valence-electron chi connectivity index (χ0n) is 9.94. The molecule has 17 heavy (non-hydrogen) atoms. The molecule has 0 saturated carbocycles. The lowest BCUT2D eigenvalue weighted by molar-refractivity contribution is 0.215. The lowest BCUT2D eigenvalue weighted by Gasteiger charge is -2.13. The SMILES string of the molecule is Cc1cc(C)cc(C(O)c2ccccc2F)c1. The van der Waals surface area contributed by atoms with Gasteiger partial charge in [-0.3, -0.25) is 0 Å². The van der Waals surface area contributed by atoms with E-state index in [4.69, 9.17) is 0 Å². The van der Waals surface area contributed by atoms with Gasteiger partial charge in [0.25, 0.3) is 0 Å². The second-order valence-corrected chi connectivity index (χ2v) is 4.35. The van der Waals surface area contributed by atoms with E-state index in [0.717, 1.165) is 16.7 Å². The maximum Gasteiger partial charge on any atom is 0.129 e. The summed E-state index contributed by atoms with van der Waals surface area (Å²) < 4.78 is 13.6. The third kappa shape index (κ3) is 2.53. The van der Waals surface area contributed by atoms with Crippen molar-refractivity contribution < 1.29 is 9.50 Å². The van der Waals surface area contributed by atoms with Gasteiger partial charge in [-0.25, -0.2) is 4.39 Å². The maximum atomic E-state index is 13.6. The Labute approximate surface area is 101 Å². The van der Waals surface area contributed by atoms with E-state index in [1.807, 2.05) is 32.0 Å². The fraction of sp³-hybridized carbons (Fsp3) is 0.200. The molecule has 2 aromatic carbocycles. The number of hydrogen-bond donors (Lipinski definition) is 1. The Hall–Kier alpha value is -1.67. The van der Waals surface area contributed by atoms with Crippen LogP contribution in [0.2, 0.25) is 0 Å². The molecule has 0 aromatic heterocycles. The van der Waals surface area contributed by atoms with Crippen LogP contribution in [-0.2, 0) is 0 Å². The number of hydrogen-bond acceptors (Lipinski definition) is 1. The summed E-state index contributed by atoms with van der Waals surface area (Å²) in [6, 6.07) is 12.1. The highest BCUT2D eigenvalue weighted by Gasteiger charge is 2.14. The second kappa shape index (κ2) is 4.68. The Morgan fingerprint density at radius 2 is 1.59 bits per heavy atom. The van der Waals surface area contributed by atoms with Crippen molar-refractivity contribution >= 4 is 0 Å². The molecule has 1 unspecified atom stereocenters. The Bertz CT molecular complexity index is 514. The lowest BCUT2D eigenvalue weighted by atomic mass is 9.98. The third-order valence-corrected chi connectivity index (χ3v) is 2.76. The minimum absolute atomic E-state index is 0.317. The van der Waals surface area contributed by atoms with Gasteiger partial charge >= 0.3 is 0 Å². The summed E-state index contributed by atoms with van der Waals surface area (Å²) in [5, 5.41) is 10.2. The van der Waals surface area contributed by atoms with E-state index in [0.29, 0.717) is 5.56 Å². The van der Waals surface area contributed by atoms with Crippen molar-refractivity contribution in [2.75, 3.05) is 0 Å². The largest absolute Gasteiger partial charge is 0.384 e. The van der Waals surface area contributed by atoms with Crippen LogP contribution in [0.4, 0.5) is 4.39 Å². The van der Waals surface area contributed by atoms with E-state index in [1.165, 1.54) is 6.07 Å². The fourth-order valence-electron chi connectivity index (χ4n) is 2.04. The Balaban J connectivity index is 2.43. The monoisotopic (exact) mass is 230 g/mol. The van der Waals surface area contributed by atoms with Crippen molar-refractivity contribution in [1.82, 2.24) is 0 Å². The second-order valence-electron chi connectivity index (χ2n) is 4.35. The number of benzene rings is 2. The highest BCUT2D eigenvalue weighted by molar-refractivity contribution is 5.35. The van der Waals surface area contributed by atoms with E-state index < -0.39 is 6.10 Å². The van der Waals surface area contributed by atoms with E-state index in [2.05, 4.69) is 0 Å². The van der Waals surface area contributed by atoms with E-state index in [1.54, 1.807) is 18.2 Å². The van der Waals surface area contributed by atoms with Gasteiger partial charge in [0.05, 0.1) is 0 Å². The Morgan fingerprint density at radius 3 is 2.18 bits per heavy atom. The predicted molar refractivity (Wildman–Crippen MR) is 66.4 cm³/mol. The third-order valence-electron chi connectivity index (χ3n) is 2.76. The van der Waals surface area contributed by atoms with Gasteiger partial charge in [0.15, 0.2) is 0 Å². The van der Waals surface area contributed by atoms with Crippen molar-refractivity contribution in [3.05, 3.63) is 70.5 Å². The minimum atomic E-state index is -0.908. The molecule has 2 rings (SSSR count). The summed E-state index contributed by atoms with van der Waals surface area (Å²) in [7, 11) is 0. The zero-order chi connectivity index (χ0) is 12.4. The molecule has 0 bridgehead atoms. The predicted octanol–water partition coefficient (Wildman–Crippen LogP) is 3.52. The average Bonchev–Trinajstić information content (AvgIpc) is 2.27. The van der Waals surface area contributed by atoms with Gasteiger partial charge in [-0.05, 0) is 25.5 Å². The number of rotatable bonds is 2. The van der Waals surface area contributed by atoms with Gasteiger partial charge in [-0.2, -0.15) is 0 Å². The van der Waals surface area contributed by atoms with Crippen LogP contribution >= 0.6 is 0 Å². The van der Waals surface area contributed by atoms with Gasteiger partial charge < -0.3 is 5.11 Å². The fourth-order valence-corrected chi connectivity index (χ4v) is 2.04. The molecule has 2 heteroatoms. The van der Waals surface area contributed by atoms with E-state index >= 15 is 0 Å². The van der Waals surface area contributed by atoms with Crippen LogP contribution in [0.1, 0.15) is 28.4 Å². The van der Waals surface area contributed by atoms with Gasteiger partial charge in [0.2, 0.25) is 0 Å². The van der Waals surface area contributed by atoms with Crippen molar-refractivity contribution in [2.45, 2.75) is 20.0 Å². The van der Waals surface area contributed by atoms with E-state index in [9.17, 15) is 9.50 Å². The smallest absolute Gasteiger partial charge is 0.129 e. The summed E-state index contributed by atoms with van der Waals surface area (Å²) in [4.78, 5) is 0. The number of aryl methyl sites for hydroxylation is 2. The molecular formula is C15H15FO. The van der Waals surface area contributed by atoms with Gasteiger partial charge in [0, 0.05) is 5.56 Å². The molecule has 0 fully saturated rings. The van der Waals surface area contributed by atoms with Crippen molar-refractivity contribution in [3.8, 4) is 0 Å². The van der Waals surface area contributed by atoms with Crippen molar-refractivity contribution in [2.24, 2.45) is 0 Å². The zero-order valence-corrected chi connectivity index (χ0v) is 9.94. The Kier molecular flexibility index (Phi) is 3.25. The molecule has 0 saturated heterocycles. The molecule has 1 N–H and O–H groups in total. The average molecular weight is 230 g/mol. The summed E-state index contributed by atoms with van der Waals surface area (Å²) in [5.74, 6) is -0.376. The first-order valence-corrected chi connectivity index (χ1v) is 5.58. The van der Waals surface area contributed by atoms with Gasteiger partial charge in [0.1, 0.15) is 11.9 Å². The summed E-state index contributed by atoms with van der Waals surface area (Å²) in [5.41, 5.74) is 3.18. The van der Waals surface area contributed by atoms with Crippen LogP contribution in [0.25, 0.3) is 0 Å². The number of aliphatic hydroxyl groups is 1. The highest BCUT2D eigenvalue weighted by atomic mass is 19.1. The van der Waals surface area contributed by atoms with Crippen molar-refractivity contribution in [1.29, 1.82) is 0 Å². The first-order valence-electron chi connectivity index (χ1n) is 5.58. The van der Waals surface area contributed by atoms with Gasteiger partial charge in [-0.15, -0.1) is 0 Å².